The van der Waals surface area contributed by atoms with E-state index < -0.39 is 0 Å². The van der Waals surface area contributed by atoms with Crippen molar-refractivity contribution >= 4 is 23.6 Å². The molecule has 4 nitrogen and oxygen atoms in total. The van der Waals surface area contributed by atoms with Crippen LogP contribution in [0.15, 0.2) is 10.5 Å². The van der Waals surface area contributed by atoms with Gasteiger partial charge in [-0.25, -0.2) is 0 Å². The van der Waals surface area contributed by atoms with Gasteiger partial charge in [0.1, 0.15) is 0 Å². The SMILES string of the molecule is CCC1CCC2=C(C1)SC(NC(=O)C1CCCC1)C2C(N)=O. The van der Waals surface area contributed by atoms with Crippen LogP contribution in [-0.2, 0) is 9.59 Å². The van der Waals surface area contributed by atoms with Crippen molar-refractivity contribution in [1.82, 2.24) is 5.32 Å². The van der Waals surface area contributed by atoms with Crippen LogP contribution >= 0.6 is 11.8 Å². The Morgan fingerprint density at radius 2 is 2.00 bits per heavy atom. The van der Waals surface area contributed by atoms with Gasteiger partial charge in [0.25, 0.3) is 0 Å². The van der Waals surface area contributed by atoms with Crippen molar-refractivity contribution in [2.75, 3.05) is 0 Å². The minimum atomic E-state index is -0.303. The van der Waals surface area contributed by atoms with E-state index in [1.54, 1.807) is 11.8 Å². The maximum atomic E-state index is 12.4. The van der Waals surface area contributed by atoms with Crippen molar-refractivity contribution < 1.29 is 9.59 Å². The maximum absolute atomic E-state index is 12.4. The smallest absolute Gasteiger partial charge is 0.227 e. The molecular weight excluding hydrogens is 296 g/mol. The Bertz CT molecular complexity index is 497. The second kappa shape index (κ2) is 6.65. The highest BCUT2D eigenvalue weighted by Crippen LogP contribution is 2.49. The molecule has 3 atom stereocenters. The van der Waals surface area contributed by atoms with Crippen LogP contribution in [0.4, 0.5) is 0 Å². The second-order valence-corrected chi connectivity index (χ2v) is 8.11. The Kier molecular flexibility index (Phi) is 4.81. The lowest BCUT2D eigenvalue weighted by Gasteiger charge is -2.24. The molecule has 0 aromatic heterocycles. The third kappa shape index (κ3) is 3.05. The van der Waals surface area contributed by atoms with Gasteiger partial charge in [0.15, 0.2) is 0 Å². The van der Waals surface area contributed by atoms with E-state index in [1.165, 1.54) is 16.9 Å². The van der Waals surface area contributed by atoms with Gasteiger partial charge in [-0.05, 0) is 48.5 Å². The molecule has 5 heteroatoms. The van der Waals surface area contributed by atoms with Crippen molar-refractivity contribution in [3.8, 4) is 0 Å². The first-order valence-corrected chi connectivity index (χ1v) is 9.46. The lowest BCUT2D eigenvalue weighted by atomic mass is 9.82. The molecular formula is C17H26N2O2S. The lowest BCUT2D eigenvalue weighted by Crippen LogP contribution is -2.44. The van der Waals surface area contributed by atoms with Crippen LogP contribution in [0.2, 0.25) is 0 Å². The summed E-state index contributed by atoms with van der Waals surface area (Å²) in [5.41, 5.74) is 6.86. The molecule has 0 aromatic rings. The van der Waals surface area contributed by atoms with Gasteiger partial charge in [0.2, 0.25) is 11.8 Å². The first-order chi connectivity index (χ1) is 10.6. The van der Waals surface area contributed by atoms with Gasteiger partial charge in [0, 0.05) is 5.92 Å². The van der Waals surface area contributed by atoms with Crippen LogP contribution in [0.3, 0.4) is 0 Å². The first-order valence-electron chi connectivity index (χ1n) is 8.58. The molecule has 0 spiro atoms. The Hall–Kier alpha value is -0.970. The molecule has 1 aliphatic heterocycles. The number of thioether (sulfide) groups is 1. The Labute approximate surface area is 136 Å². The fourth-order valence-corrected chi connectivity index (χ4v) is 5.71. The van der Waals surface area contributed by atoms with Crippen molar-refractivity contribution in [1.29, 1.82) is 0 Å². The van der Waals surface area contributed by atoms with Crippen molar-refractivity contribution in [3.05, 3.63) is 10.5 Å². The molecule has 1 saturated carbocycles. The number of amides is 2. The van der Waals surface area contributed by atoms with E-state index in [0.29, 0.717) is 5.92 Å². The number of hydrogen-bond donors (Lipinski definition) is 2. The predicted molar refractivity (Wildman–Crippen MR) is 88.8 cm³/mol. The number of hydrogen-bond acceptors (Lipinski definition) is 3. The van der Waals surface area contributed by atoms with E-state index in [-0.39, 0.29) is 29.0 Å². The Morgan fingerprint density at radius 1 is 1.27 bits per heavy atom. The van der Waals surface area contributed by atoms with Crippen molar-refractivity contribution in [2.24, 2.45) is 23.5 Å². The molecule has 1 fully saturated rings. The molecule has 3 unspecified atom stereocenters. The number of allylic oxidation sites excluding steroid dienone is 1. The molecule has 0 saturated heterocycles. The van der Waals surface area contributed by atoms with Gasteiger partial charge in [-0.15, -0.1) is 11.8 Å². The molecule has 2 amide bonds. The van der Waals surface area contributed by atoms with Crippen LogP contribution in [-0.4, -0.2) is 17.2 Å². The molecule has 0 radical (unpaired) electrons. The molecule has 0 bridgehead atoms. The average molecular weight is 322 g/mol. The van der Waals surface area contributed by atoms with Gasteiger partial charge in [-0.2, -0.15) is 0 Å². The standard InChI is InChI=1S/C17H26N2O2S/c1-2-10-7-8-12-13(9-10)22-17(14(12)15(18)20)19-16(21)11-5-3-4-6-11/h10-11,14,17H,2-9H2,1H3,(H2,18,20)(H,19,21). The van der Waals surface area contributed by atoms with E-state index in [9.17, 15) is 9.59 Å². The number of nitrogens with two attached hydrogens (primary N) is 1. The fourth-order valence-electron chi connectivity index (χ4n) is 4.08. The zero-order valence-corrected chi connectivity index (χ0v) is 14.1. The highest BCUT2D eigenvalue weighted by molar-refractivity contribution is 8.04. The number of carbonyl (C=O) groups excluding carboxylic acids is 2. The third-order valence-electron chi connectivity index (χ3n) is 5.50. The normalized spacial score (nSPS) is 32.1. The van der Waals surface area contributed by atoms with Crippen LogP contribution in [0, 0.1) is 17.8 Å². The summed E-state index contributed by atoms with van der Waals surface area (Å²) >= 11 is 1.68. The van der Waals surface area contributed by atoms with E-state index in [2.05, 4.69) is 12.2 Å². The summed E-state index contributed by atoms with van der Waals surface area (Å²) in [4.78, 5) is 25.7. The number of carbonyl (C=O) groups is 2. The average Bonchev–Trinajstić information content (AvgIpc) is 3.13. The van der Waals surface area contributed by atoms with Gasteiger partial charge in [-0.1, -0.05) is 26.2 Å². The summed E-state index contributed by atoms with van der Waals surface area (Å²) < 4.78 is 0. The highest BCUT2D eigenvalue weighted by Gasteiger charge is 2.42. The third-order valence-corrected chi connectivity index (χ3v) is 6.85. The Balaban J connectivity index is 1.70. The van der Waals surface area contributed by atoms with E-state index in [4.69, 9.17) is 5.73 Å². The van der Waals surface area contributed by atoms with Crippen LogP contribution in [0.25, 0.3) is 0 Å². The van der Waals surface area contributed by atoms with E-state index >= 15 is 0 Å². The number of rotatable bonds is 4. The molecule has 3 N–H and O–H groups in total. The molecule has 0 aromatic carbocycles. The van der Waals surface area contributed by atoms with Crippen molar-refractivity contribution in [3.63, 3.8) is 0 Å². The summed E-state index contributed by atoms with van der Waals surface area (Å²) in [5, 5.41) is 2.95. The molecule has 3 aliphatic rings. The van der Waals surface area contributed by atoms with Crippen LogP contribution in [0.1, 0.15) is 58.3 Å². The highest BCUT2D eigenvalue weighted by atomic mass is 32.2. The first kappa shape index (κ1) is 15.9. The van der Waals surface area contributed by atoms with Gasteiger partial charge >= 0.3 is 0 Å². The van der Waals surface area contributed by atoms with E-state index in [0.717, 1.165) is 44.9 Å². The minimum Gasteiger partial charge on any atom is -0.369 e. The van der Waals surface area contributed by atoms with Crippen LogP contribution in [0.5, 0.6) is 0 Å². The molecule has 1 heterocycles. The molecule has 22 heavy (non-hydrogen) atoms. The number of nitrogens with one attached hydrogen (secondary N) is 1. The summed E-state index contributed by atoms with van der Waals surface area (Å²) in [7, 11) is 0. The summed E-state index contributed by atoms with van der Waals surface area (Å²) in [6.45, 7) is 2.22. The minimum absolute atomic E-state index is 0.119. The monoisotopic (exact) mass is 322 g/mol. The topological polar surface area (TPSA) is 72.2 Å². The zero-order chi connectivity index (χ0) is 15.7. The molecule has 3 rings (SSSR count). The van der Waals surface area contributed by atoms with Crippen LogP contribution < -0.4 is 11.1 Å². The lowest BCUT2D eigenvalue weighted by molar-refractivity contribution is -0.125. The second-order valence-electron chi connectivity index (χ2n) is 6.87. The molecule has 2 aliphatic carbocycles. The summed E-state index contributed by atoms with van der Waals surface area (Å²) in [6.07, 6.45) is 8.58. The number of primary amides is 1. The zero-order valence-electron chi connectivity index (χ0n) is 13.3. The van der Waals surface area contributed by atoms with Gasteiger partial charge in [-0.3, -0.25) is 9.59 Å². The fraction of sp³-hybridized carbons (Fsp3) is 0.765. The van der Waals surface area contributed by atoms with E-state index in [1.807, 2.05) is 0 Å². The quantitative estimate of drug-likeness (QED) is 0.836. The summed E-state index contributed by atoms with van der Waals surface area (Å²) in [5.74, 6) is 0.375. The Morgan fingerprint density at radius 3 is 2.64 bits per heavy atom. The molecule has 122 valence electrons. The van der Waals surface area contributed by atoms with Gasteiger partial charge in [0.05, 0.1) is 11.3 Å². The largest absolute Gasteiger partial charge is 0.369 e. The van der Waals surface area contributed by atoms with Gasteiger partial charge < -0.3 is 11.1 Å². The van der Waals surface area contributed by atoms with Crippen molar-refractivity contribution in [2.45, 2.75) is 63.7 Å². The maximum Gasteiger partial charge on any atom is 0.227 e. The predicted octanol–water partition coefficient (Wildman–Crippen LogP) is 2.93. The summed E-state index contributed by atoms with van der Waals surface area (Å²) in [6, 6.07) is 0.